The zero-order valence-corrected chi connectivity index (χ0v) is 15.7. The van der Waals surface area contributed by atoms with Crippen LogP contribution in [-0.2, 0) is 4.79 Å². The number of nitrogens with zero attached hydrogens (tertiary/aromatic N) is 1. The molecule has 1 amide bonds. The Morgan fingerprint density at radius 3 is 2.44 bits per heavy atom. The number of amides is 1. The van der Waals surface area contributed by atoms with Crippen molar-refractivity contribution >= 4 is 11.5 Å². The average molecular weight is 370 g/mol. The molecule has 2 atom stereocenters. The minimum absolute atomic E-state index is 0.176. The fourth-order valence-corrected chi connectivity index (χ4v) is 3.22. The van der Waals surface area contributed by atoms with E-state index in [9.17, 15) is 13.6 Å². The highest BCUT2D eigenvalue weighted by Crippen LogP contribution is 2.37. The van der Waals surface area contributed by atoms with Crippen LogP contribution in [0.5, 0.6) is 0 Å². The van der Waals surface area contributed by atoms with Crippen LogP contribution in [0.25, 0.3) is 5.57 Å². The number of hydrogen-bond acceptors (Lipinski definition) is 2. The van der Waals surface area contributed by atoms with E-state index in [2.05, 4.69) is 0 Å². The summed E-state index contributed by atoms with van der Waals surface area (Å²) in [5.41, 5.74) is 7.45. The summed E-state index contributed by atoms with van der Waals surface area (Å²) in [5, 5.41) is 0. The van der Waals surface area contributed by atoms with E-state index in [1.807, 2.05) is 57.2 Å². The van der Waals surface area contributed by atoms with Gasteiger partial charge in [-0.05, 0) is 34.8 Å². The predicted octanol–water partition coefficient (Wildman–Crippen LogP) is 4.31. The second-order valence-corrected chi connectivity index (χ2v) is 7.98. The van der Waals surface area contributed by atoms with Crippen LogP contribution in [0.15, 0.2) is 54.6 Å². The Morgan fingerprint density at radius 2 is 1.81 bits per heavy atom. The third-order valence-corrected chi connectivity index (χ3v) is 4.93. The Hall–Kier alpha value is -2.53. The van der Waals surface area contributed by atoms with Gasteiger partial charge in [0, 0.05) is 12.1 Å². The summed E-state index contributed by atoms with van der Waals surface area (Å²) in [6, 6.07) is 11.8. The van der Waals surface area contributed by atoms with Crippen LogP contribution in [0.1, 0.15) is 37.9 Å². The Balaban J connectivity index is 2.02. The normalized spacial score (nSPS) is 18.4. The number of nitrogens with two attached hydrogens (primary N) is 1. The van der Waals surface area contributed by atoms with Crippen molar-refractivity contribution in [2.45, 2.75) is 32.9 Å². The molecule has 5 heteroatoms. The molecule has 0 radical (unpaired) electrons. The van der Waals surface area contributed by atoms with Crippen LogP contribution in [0.3, 0.4) is 0 Å². The molecular weight excluding hydrogens is 346 g/mol. The summed E-state index contributed by atoms with van der Waals surface area (Å²) in [7, 11) is 0. The Labute approximate surface area is 158 Å². The van der Waals surface area contributed by atoms with Gasteiger partial charge in [0.15, 0.2) is 0 Å². The van der Waals surface area contributed by atoms with Crippen LogP contribution >= 0.6 is 0 Å². The fraction of sp³-hybridized carbons (Fsp3) is 0.318. The van der Waals surface area contributed by atoms with Crippen molar-refractivity contribution in [2.24, 2.45) is 11.1 Å². The van der Waals surface area contributed by atoms with Gasteiger partial charge in [0.1, 0.15) is 11.6 Å². The second-order valence-electron chi connectivity index (χ2n) is 7.98. The summed E-state index contributed by atoms with van der Waals surface area (Å²) >= 11 is 0. The first-order valence-electron chi connectivity index (χ1n) is 8.95. The molecule has 1 heterocycles. The number of carbonyl (C=O) groups excluding carboxylic acids is 1. The number of rotatable bonds is 3. The molecule has 2 aromatic carbocycles. The molecule has 0 aromatic heterocycles. The molecule has 1 aliphatic heterocycles. The van der Waals surface area contributed by atoms with Crippen molar-refractivity contribution in [1.29, 1.82) is 0 Å². The summed E-state index contributed by atoms with van der Waals surface area (Å²) in [6.45, 7) is 5.90. The number of benzene rings is 2. The topological polar surface area (TPSA) is 46.3 Å². The van der Waals surface area contributed by atoms with Gasteiger partial charge in [-0.2, -0.15) is 0 Å². The molecule has 3 rings (SSSR count). The van der Waals surface area contributed by atoms with Gasteiger partial charge < -0.3 is 10.6 Å². The molecule has 1 unspecified atom stereocenters. The zero-order chi connectivity index (χ0) is 19.8. The van der Waals surface area contributed by atoms with Gasteiger partial charge in [0.2, 0.25) is 5.91 Å². The van der Waals surface area contributed by atoms with Crippen molar-refractivity contribution in [1.82, 2.24) is 4.90 Å². The molecule has 0 aliphatic carbocycles. The highest BCUT2D eigenvalue weighted by molar-refractivity contribution is 5.87. The zero-order valence-electron chi connectivity index (χ0n) is 15.7. The van der Waals surface area contributed by atoms with Crippen molar-refractivity contribution in [2.75, 3.05) is 6.54 Å². The number of hydrogen-bond donors (Lipinski definition) is 1. The van der Waals surface area contributed by atoms with Gasteiger partial charge in [0.05, 0.1) is 12.1 Å². The molecule has 0 bridgehead atoms. The third kappa shape index (κ3) is 3.93. The molecule has 1 aliphatic rings. The SMILES string of the molecule is CC(C)(C)[C@H](N)C(=O)N1CC(c2cc(F)ccc2F)=CC1c1ccccc1. The van der Waals surface area contributed by atoms with Gasteiger partial charge in [-0.1, -0.05) is 57.2 Å². The molecule has 3 nitrogen and oxygen atoms in total. The van der Waals surface area contributed by atoms with E-state index in [-0.39, 0.29) is 24.1 Å². The first-order valence-corrected chi connectivity index (χ1v) is 8.95. The third-order valence-electron chi connectivity index (χ3n) is 4.93. The molecule has 0 saturated heterocycles. The fourth-order valence-electron chi connectivity index (χ4n) is 3.22. The highest BCUT2D eigenvalue weighted by atomic mass is 19.1. The number of carbonyl (C=O) groups is 1. The van der Waals surface area contributed by atoms with Crippen LogP contribution < -0.4 is 5.73 Å². The van der Waals surface area contributed by atoms with Gasteiger partial charge in [-0.25, -0.2) is 8.78 Å². The van der Waals surface area contributed by atoms with E-state index in [0.717, 1.165) is 17.7 Å². The molecule has 0 spiro atoms. The standard InChI is InChI=1S/C22H24F2N2O/c1-22(2,3)20(25)21(27)26-13-15(17-12-16(23)9-10-18(17)24)11-19(26)14-7-5-4-6-8-14/h4-12,19-20H,13,25H2,1-3H3/t19?,20-/m1/s1. The first kappa shape index (κ1) is 19.2. The van der Waals surface area contributed by atoms with Crippen LogP contribution in [0.4, 0.5) is 8.78 Å². The Kier molecular flexibility index (Phi) is 5.16. The molecule has 0 saturated carbocycles. The van der Waals surface area contributed by atoms with Gasteiger partial charge >= 0.3 is 0 Å². The minimum atomic E-state index is -0.700. The molecule has 142 valence electrons. The lowest BCUT2D eigenvalue weighted by Crippen LogP contribution is -2.50. The minimum Gasteiger partial charge on any atom is -0.326 e. The van der Waals surface area contributed by atoms with Crippen molar-refractivity contribution < 1.29 is 13.6 Å². The van der Waals surface area contributed by atoms with Crippen LogP contribution in [0, 0.1) is 17.0 Å². The first-order chi connectivity index (χ1) is 12.7. The summed E-state index contributed by atoms with van der Waals surface area (Å²) in [6.07, 6.45) is 1.82. The second kappa shape index (κ2) is 7.24. The predicted molar refractivity (Wildman–Crippen MR) is 103 cm³/mol. The molecule has 27 heavy (non-hydrogen) atoms. The van der Waals surface area contributed by atoms with Crippen molar-refractivity contribution in [3.63, 3.8) is 0 Å². The van der Waals surface area contributed by atoms with E-state index in [1.165, 1.54) is 6.07 Å². The van der Waals surface area contributed by atoms with E-state index in [0.29, 0.717) is 5.57 Å². The molecule has 2 aromatic rings. The summed E-state index contributed by atoms with van der Waals surface area (Å²) in [4.78, 5) is 14.7. The molecular formula is C22H24F2N2O. The maximum absolute atomic E-state index is 14.3. The molecule has 0 fully saturated rings. The average Bonchev–Trinajstić information content (AvgIpc) is 3.07. The number of halogens is 2. The van der Waals surface area contributed by atoms with Gasteiger partial charge in [0.25, 0.3) is 0 Å². The smallest absolute Gasteiger partial charge is 0.241 e. The quantitative estimate of drug-likeness (QED) is 0.875. The summed E-state index contributed by atoms with van der Waals surface area (Å²) in [5.74, 6) is -1.23. The van der Waals surface area contributed by atoms with E-state index in [1.54, 1.807) is 4.90 Å². The Bertz CT molecular complexity index is 872. The lowest BCUT2D eigenvalue weighted by molar-refractivity contribution is -0.135. The van der Waals surface area contributed by atoms with Crippen LogP contribution in [-0.4, -0.2) is 23.4 Å². The van der Waals surface area contributed by atoms with E-state index < -0.39 is 23.1 Å². The Morgan fingerprint density at radius 1 is 1.15 bits per heavy atom. The highest BCUT2D eigenvalue weighted by Gasteiger charge is 2.37. The van der Waals surface area contributed by atoms with Crippen molar-refractivity contribution in [3.05, 3.63) is 77.4 Å². The van der Waals surface area contributed by atoms with E-state index in [4.69, 9.17) is 5.73 Å². The van der Waals surface area contributed by atoms with Crippen LogP contribution in [0.2, 0.25) is 0 Å². The maximum Gasteiger partial charge on any atom is 0.241 e. The van der Waals surface area contributed by atoms with E-state index >= 15 is 0 Å². The lowest BCUT2D eigenvalue weighted by atomic mass is 9.86. The maximum atomic E-state index is 14.3. The monoisotopic (exact) mass is 370 g/mol. The largest absolute Gasteiger partial charge is 0.326 e. The van der Waals surface area contributed by atoms with Gasteiger partial charge in [-0.15, -0.1) is 0 Å². The lowest BCUT2D eigenvalue weighted by Gasteiger charge is -2.33. The van der Waals surface area contributed by atoms with Crippen molar-refractivity contribution in [3.8, 4) is 0 Å². The summed E-state index contributed by atoms with van der Waals surface area (Å²) < 4.78 is 28.0. The van der Waals surface area contributed by atoms with Gasteiger partial charge in [-0.3, -0.25) is 4.79 Å². The molecule has 2 N–H and O–H groups in total.